The summed E-state index contributed by atoms with van der Waals surface area (Å²) in [5.41, 5.74) is 0.646. The quantitative estimate of drug-likeness (QED) is 0.802. The van der Waals surface area contributed by atoms with Crippen LogP contribution >= 0.6 is 22.6 Å². The Labute approximate surface area is 120 Å². The number of benzene rings is 1. The monoisotopic (exact) mass is 379 g/mol. The van der Waals surface area contributed by atoms with Gasteiger partial charge in [0, 0.05) is 9.26 Å². The highest BCUT2D eigenvalue weighted by Gasteiger charge is 2.34. The molecule has 0 saturated carbocycles. The molecule has 0 aromatic heterocycles. The molecule has 0 aliphatic carbocycles. The van der Waals surface area contributed by atoms with Gasteiger partial charge in [0.25, 0.3) is 0 Å². The van der Waals surface area contributed by atoms with Gasteiger partial charge in [-0.1, -0.05) is 12.5 Å². The third-order valence-electron chi connectivity index (χ3n) is 2.96. The van der Waals surface area contributed by atoms with Gasteiger partial charge < -0.3 is 5.32 Å². The van der Waals surface area contributed by atoms with Crippen molar-refractivity contribution in [3.8, 4) is 0 Å². The number of halogens is 1. The van der Waals surface area contributed by atoms with Gasteiger partial charge in [0.15, 0.2) is 9.84 Å². The molecular weight excluding hydrogens is 365 g/mol. The predicted octanol–water partition coefficient (Wildman–Crippen LogP) is 2.20. The van der Waals surface area contributed by atoms with E-state index >= 15 is 0 Å². The van der Waals surface area contributed by atoms with Crippen LogP contribution in [0.4, 0.5) is 5.69 Å². The zero-order valence-corrected chi connectivity index (χ0v) is 12.7. The van der Waals surface area contributed by atoms with Crippen molar-refractivity contribution in [2.45, 2.75) is 24.5 Å². The fourth-order valence-corrected chi connectivity index (χ4v) is 4.38. The maximum absolute atomic E-state index is 12.0. The van der Waals surface area contributed by atoms with Gasteiger partial charge in [-0.3, -0.25) is 4.79 Å². The highest BCUT2D eigenvalue weighted by atomic mass is 127. The molecule has 1 amide bonds. The lowest BCUT2D eigenvalue weighted by molar-refractivity contribution is -0.116. The molecule has 1 aliphatic rings. The first-order valence-corrected chi connectivity index (χ1v) is 8.56. The van der Waals surface area contributed by atoms with Gasteiger partial charge in [-0.2, -0.15) is 0 Å². The molecule has 1 atom stereocenters. The summed E-state index contributed by atoms with van der Waals surface area (Å²) >= 11 is 2.14. The molecule has 1 N–H and O–H groups in total. The first-order chi connectivity index (χ1) is 8.49. The first kappa shape index (κ1) is 13.8. The number of sulfone groups is 1. The van der Waals surface area contributed by atoms with E-state index in [1.54, 1.807) is 6.07 Å². The molecule has 1 unspecified atom stereocenters. The number of amides is 1. The van der Waals surface area contributed by atoms with Gasteiger partial charge in [-0.15, -0.1) is 0 Å². The highest BCUT2D eigenvalue weighted by molar-refractivity contribution is 14.1. The van der Waals surface area contributed by atoms with Crippen LogP contribution in [0.1, 0.15) is 19.3 Å². The summed E-state index contributed by atoms with van der Waals surface area (Å²) in [5, 5.41) is 1.80. The number of anilines is 1. The summed E-state index contributed by atoms with van der Waals surface area (Å²) < 4.78 is 24.6. The molecule has 1 aliphatic heterocycles. The summed E-state index contributed by atoms with van der Waals surface area (Å²) in [5.74, 6) is -0.283. The Bertz CT molecular complexity index is 556. The Morgan fingerprint density at radius 3 is 2.78 bits per heavy atom. The number of carbonyl (C=O) groups excluding carboxylic acids is 1. The number of hydrogen-bond acceptors (Lipinski definition) is 3. The summed E-state index contributed by atoms with van der Waals surface area (Å²) in [4.78, 5) is 12.0. The molecule has 0 bridgehead atoms. The van der Waals surface area contributed by atoms with Gasteiger partial charge in [0.05, 0.1) is 5.75 Å². The molecule has 0 radical (unpaired) electrons. The number of carbonyl (C=O) groups is 1. The number of rotatable bonds is 2. The van der Waals surface area contributed by atoms with E-state index in [1.165, 1.54) is 0 Å². The number of hydrogen-bond donors (Lipinski definition) is 1. The second-order valence-corrected chi connectivity index (χ2v) is 7.90. The Morgan fingerprint density at radius 2 is 2.11 bits per heavy atom. The second-order valence-electron chi connectivity index (χ2n) is 4.35. The number of nitrogens with one attached hydrogen (secondary N) is 1. The zero-order valence-electron chi connectivity index (χ0n) is 9.73. The van der Waals surface area contributed by atoms with Crippen molar-refractivity contribution >= 4 is 44.0 Å². The third kappa shape index (κ3) is 3.23. The van der Waals surface area contributed by atoms with E-state index in [-0.39, 0.29) is 5.75 Å². The van der Waals surface area contributed by atoms with Crippen LogP contribution in [0.3, 0.4) is 0 Å². The molecule has 1 fully saturated rings. The molecule has 1 aromatic carbocycles. The van der Waals surface area contributed by atoms with Crippen molar-refractivity contribution in [2.75, 3.05) is 11.1 Å². The fourth-order valence-electron chi connectivity index (χ4n) is 2.04. The lowest BCUT2D eigenvalue weighted by atomic mass is 10.2. The first-order valence-electron chi connectivity index (χ1n) is 5.77. The molecule has 1 heterocycles. The van der Waals surface area contributed by atoms with Crippen LogP contribution in [0.25, 0.3) is 0 Å². The lowest BCUT2D eigenvalue weighted by Gasteiger charge is -2.21. The van der Waals surface area contributed by atoms with E-state index in [0.717, 1.165) is 9.99 Å². The average Bonchev–Trinajstić information content (AvgIpc) is 2.28. The molecule has 2 rings (SSSR count). The minimum absolute atomic E-state index is 0.122. The fraction of sp³-hybridized carbons (Fsp3) is 0.417. The summed E-state index contributed by atoms with van der Waals surface area (Å²) in [6.45, 7) is 0. The van der Waals surface area contributed by atoms with Crippen LogP contribution in [0, 0.1) is 3.57 Å². The van der Waals surface area contributed by atoms with E-state index in [1.807, 2.05) is 18.2 Å². The Morgan fingerprint density at radius 1 is 1.33 bits per heavy atom. The normalized spacial score (nSPS) is 22.4. The maximum Gasteiger partial charge on any atom is 0.242 e. The lowest BCUT2D eigenvalue weighted by Crippen LogP contribution is -2.39. The van der Waals surface area contributed by atoms with E-state index in [0.29, 0.717) is 18.5 Å². The average molecular weight is 379 g/mol. The van der Waals surface area contributed by atoms with Gasteiger partial charge in [-0.25, -0.2) is 8.42 Å². The molecule has 6 heteroatoms. The van der Waals surface area contributed by atoms with Crippen molar-refractivity contribution in [2.24, 2.45) is 0 Å². The smallest absolute Gasteiger partial charge is 0.242 e. The van der Waals surface area contributed by atoms with E-state index < -0.39 is 21.0 Å². The summed E-state index contributed by atoms with van der Waals surface area (Å²) in [6, 6.07) is 7.31. The SMILES string of the molecule is O=C(Nc1cccc(I)c1)C1CCCCS1(=O)=O. The van der Waals surface area contributed by atoms with Crippen molar-refractivity contribution in [1.82, 2.24) is 0 Å². The largest absolute Gasteiger partial charge is 0.325 e. The van der Waals surface area contributed by atoms with Crippen LogP contribution in [0.5, 0.6) is 0 Å². The van der Waals surface area contributed by atoms with Gasteiger partial charge in [-0.05, 0) is 53.6 Å². The Balaban J connectivity index is 2.12. The molecule has 0 spiro atoms. The van der Waals surface area contributed by atoms with Crippen LogP contribution in [-0.2, 0) is 14.6 Å². The molecule has 4 nitrogen and oxygen atoms in total. The van der Waals surface area contributed by atoms with Gasteiger partial charge in [0.2, 0.25) is 5.91 Å². The highest BCUT2D eigenvalue weighted by Crippen LogP contribution is 2.21. The molecule has 18 heavy (non-hydrogen) atoms. The topological polar surface area (TPSA) is 63.2 Å². The Kier molecular flexibility index (Phi) is 4.26. The standard InChI is InChI=1S/C12H14INO3S/c13-9-4-3-5-10(8-9)14-12(15)11-6-1-2-7-18(11,16)17/h3-5,8,11H,1-2,6-7H2,(H,14,15). The molecule has 98 valence electrons. The van der Waals surface area contributed by atoms with Crippen molar-refractivity contribution in [3.05, 3.63) is 27.8 Å². The Hall–Kier alpha value is -0.630. The summed E-state index contributed by atoms with van der Waals surface area (Å²) in [6.07, 6.45) is 1.89. The van der Waals surface area contributed by atoms with E-state index in [9.17, 15) is 13.2 Å². The molecule has 1 aromatic rings. The van der Waals surface area contributed by atoms with Crippen LogP contribution in [0.2, 0.25) is 0 Å². The summed E-state index contributed by atoms with van der Waals surface area (Å²) in [7, 11) is -3.27. The zero-order chi connectivity index (χ0) is 13.2. The second kappa shape index (κ2) is 5.56. The maximum atomic E-state index is 12.0. The van der Waals surface area contributed by atoms with Gasteiger partial charge >= 0.3 is 0 Å². The molecule has 1 saturated heterocycles. The van der Waals surface area contributed by atoms with Crippen LogP contribution in [-0.4, -0.2) is 25.3 Å². The van der Waals surface area contributed by atoms with Crippen molar-refractivity contribution < 1.29 is 13.2 Å². The minimum atomic E-state index is -3.27. The van der Waals surface area contributed by atoms with E-state index in [4.69, 9.17) is 0 Å². The van der Waals surface area contributed by atoms with Crippen molar-refractivity contribution in [3.63, 3.8) is 0 Å². The van der Waals surface area contributed by atoms with Gasteiger partial charge in [0.1, 0.15) is 5.25 Å². The third-order valence-corrected chi connectivity index (χ3v) is 5.81. The van der Waals surface area contributed by atoms with Crippen LogP contribution in [0.15, 0.2) is 24.3 Å². The van der Waals surface area contributed by atoms with Crippen molar-refractivity contribution in [1.29, 1.82) is 0 Å². The van der Waals surface area contributed by atoms with E-state index in [2.05, 4.69) is 27.9 Å². The van der Waals surface area contributed by atoms with Crippen LogP contribution < -0.4 is 5.32 Å². The minimum Gasteiger partial charge on any atom is -0.325 e. The molecular formula is C12H14INO3S. The predicted molar refractivity (Wildman–Crippen MR) is 79.2 cm³/mol.